The van der Waals surface area contributed by atoms with Gasteiger partial charge in [0.05, 0.1) is 12.5 Å². The van der Waals surface area contributed by atoms with Gasteiger partial charge in [0.25, 0.3) is 0 Å². The lowest BCUT2D eigenvalue weighted by Crippen LogP contribution is -2.22. The van der Waals surface area contributed by atoms with Gasteiger partial charge in [-0.3, -0.25) is 4.79 Å². The maximum atomic E-state index is 10.9. The van der Waals surface area contributed by atoms with Gasteiger partial charge >= 0.3 is 5.97 Å². The largest absolute Gasteiger partial charge is 0.481 e. The Morgan fingerprint density at radius 2 is 2.00 bits per heavy atom. The second kappa shape index (κ2) is 7.07. The van der Waals surface area contributed by atoms with Crippen LogP contribution >= 0.6 is 0 Å². The van der Waals surface area contributed by atoms with E-state index >= 15 is 0 Å². The van der Waals surface area contributed by atoms with E-state index in [1.54, 1.807) is 0 Å². The number of rotatable bonds is 7. The molecule has 3 heteroatoms. The molecule has 94 valence electrons. The number of carbonyl (C=O) groups is 1. The van der Waals surface area contributed by atoms with Crippen LogP contribution in [0.3, 0.4) is 0 Å². The van der Waals surface area contributed by atoms with Crippen LogP contribution < -0.4 is 0 Å². The van der Waals surface area contributed by atoms with Gasteiger partial charge in [-0.15, -0.1) is 0 Å². The van der Waals surface area contributed by atoms with Gasteiger partial charge in [0.1, 0.15) is 0 Å². The van der Waals surface area contributed by atoms with Crippen LogP contribution in [0.15, 0.2) is 30.3 Å². The van der Waals surface area contributed by atoms with Crippen molar-refractivity contribution in [1.82, 2.24) is 0 Å². The number of carboxylic acid groups (broad SMARTS) is 1. The standard InChI is InChI=1S/C14H20O3/c1-3-9-17-11(2)13(10-14(15)16)12-7-5-4-6-8-12/h4-8,11,13H,3,9-10H2,1-2H3,(H,15,16). The Labute approximate surface area is 102 Å². The van der Waals surface area contributed by atoms with Crippen LogP contribution in [0.2, 0.25) is 0 Å². The van der Waals surface area contributed by atoms with E-state index in [1.807, 2.05) is 44.2 Å². The number of ether oxygens (including phenoxy) is 1. The van der Waals surface area contributed by atoms with Crippen molar-refractivity contribution in [1.29, 1.82) is 0 Å². The van der Waals surface area contributed by atoms with E-state index < -0.39 is 5.97 Å². The molecular formula is C14H20O3. The molecule has 0 bridgehead atoms. The molecule has 0 aliphatic rings. The zero-order valence-corrected chi connectivity index (χ0v) is 10.4. The summed E-state index contributed by atoms with van der Waals surface area (Å²) in [5.74, 6) is -0.869. The van der Waals surface area contributed by atoms with E-state index in [2.05, 4.69) is 0 Å². The summed E-state index contributed by atoms with van der Waals surface area (Å²) in [6.45, 7) is 4.65. The summed E-state index contributed by atoms with van der Waals surface area (Å²) in [7, 11) is 0. The number of hydrogen-bond donors (Lipinski definition) is 1. The number of carboxylic acids is 1. The highest BCUT2D eigenvalue weighted by Crippen LogP contribution is 2.25. The van der Waals surface area contributed by atoms with Crippen LogP contribution in [0.5, 0.6) is 0 Å². The highest BCUT2D eigenvalue weighted by Gasteiger charge is 2.22. The lowest BCUT2D eigenvalue weighted by atomic mass is 9.91. The highest BCUT2D eigenvalue weighted by molar-refractivity contribution is 5.68. The smallest absolute Gasteiger partial charge is 0.304 e. The van der Waals surface area contributed by atoms with Gasteiger partial charge in [0.15, 0.2) is 0 Å². The molecule has 0 amide bonds. The Hall–Kier alpha value is -1.35. The molecule has 2 unspecified atom stereocenters. The fraction of sp³-hybridized carbons (Fsp3) is 0.500. The molecule has 17 heavy (non-hydrogen) atoms. The third-order valence-corrected chi connectivity index (χ3v) is 2.77. The maximum absolute atomic E-state index is 10.9. The van der Waals surface area contributed by atoms with Gasteiger partial charge < -0.3 is 9.84 Å². The van der Waals surface area contributed by atoms with Crippen molar-refractivity contribution in [3.63, 3.8) is 0 Å². The minimum Gasteiger partial charge on any atom is -0.481 e. The first kappa shape index (κ1) is 13.7. The van der Waals surface area contributed by atoms with Gasteiger partial charge in [-0.2, -0.15) is 0 Å². The summed E-state index contributed by atoms with van der Waals surface area (Å²) in [5, 5.41) is 8.96. The number of benzene rings is 1. The lowest BCUT2D eigenvalue weighted by molar-refractivity contribution is -0.138. The average molecular weight is 236 g/mol. The van der Waals surface area contributed by atoms with Gasteiger partial charge in [-0.1, -0.05) is 37.3 Å². The van der Waals surface area contributed by atoms with Gasteiger partial charge in [0.2, 0.25) is 0 Å². The second-order valence-electron chi connectivity index (χ2n) is 4.19. The predicted molar refractivity (Wildman–Crippen MR) is 67.1 cm³/mol. The fourth-order valence-electron chi connectivity index (χ4n) is 1.86. The van der Waals surface area contributed by atoms with Crippen molar-refractivity contribution >= 4 is 5.97 Å². The monoisotopic (exact) mass is 236 g/mol. The topological polar surface area (TPSA) is 46.5 Å². The lowest BCUT2D eigenvalue weighted by Gasteiger charge is -2.23. The SMILES string of the molecule is CCCOC(C)C(CC(=O)O)c1ccccc1. The summed E-state index contributed by atoms with van der Waals surface area (Å²) in [4.78, 5) is 10.9. The van der Waals surface area contributed by atoms with Crippen molar-refractivity contribution in [3.8, 4) is 0 Å². The molecule has 0 spiro atoms. The van der Waals surface area contributed by atoms with Crippen LogP contribution in [0.4, 0.5) is 0 Å². The van der Waals surface area contributed by atoms with Crippen molar-refractivity contribution in [3.05, 3.63) is 35.9 Å². The molecule has 1 aromatic carbocycles. The Morgan fingerprint density at radius 3 is 2.53 bits per heavy atom. The van der Waals surface area contributed by atoms with Crippen molar-refractivity contribution in [2.75, 3.05) is 6.61 Å². The Bertz CT molecular complexity index is 335. The highest BCUT2D eigenvalue weighted by atomic mass is 16.5. The molecule has 0 aromatic heterocycles. The van der Waals surface area contributed by atoms with Crippen molar-refractivity contribution in [2.45, 2.75) is 38.7 Å². The summed E-state index contributed by atoms with van der Waals surface area (Å²) < 4.78 is 5.65. The normalized spacial score (nSPS) is 14.2. The van der Waals surface area contributed by atoms with Gasteiger partial charge in [-0.05, 0) is 18.9 Å². The van der Waals surface area contributed by atoms with E-state index in [4.69, 9.17) is 9.84 Å². The van der Waals surface area contributed by atoms with Crippen LogP contribution in [-0.4, -0.2) is 23.8 Å². The van der Waals surface area contributed by atoms with E-state index in [0.717, 1.165) is 12.0 Å². The molecule has 0 fully saturated rings. The molecule has 0 radical (unpaired) electrons. The van der Waals surface area contributed by atoms with Crippen molar-refractivity contribution < 1.29 is 14.6 Å². The molecule has 0 saturated heterocycles. The van der Waals surface area contributed by atoms with Crippen LogP contribution in [-0.2, 0) is 9.53 Å². The molecule has 0 aliphatic heterocycles. The molecule has 1 aromatic rings. The molecule has 2 atom stereocenters. The zero-order valence-electron chi connectivity index (χ0n) is 10.4. The summed E-state index contributed by atoms with van der Waals surface area (Å²) >= 11 is 0. The summed E-state index contributed by atoms with van der Waals surface area (Å²) in [5.41, 5.74) is 1.03. The van der Waals surface area contributed by atoms with Crippen LogP contribution in [0.1, 0.15) is 38.2 Å². The van der Waals surface area contributed by atoms with E-state index in [0.29, 0.717) is 6.61 Å². The fourth-order valence-corrected chi connectivity index (χ4v) is 1.86. The quantitative estimate of drug-likeness (QED) is 0.791. The summed E-state index contributed by atoms with van der Waals surface area (Å²) in [6, 6.07) is 9.70. The average Bonchev–Trinajstić information content (AvgIpc) is 2.34. The van der Waals surface area contributed by atoms with E-state index in [-0.39, 0.29) is 18.4 Å². The molecule has 0 aliphatic carbocycles. The van der Waals surface area contributed by atoms with Crippen LogP contribution in [0, 0.1) is 0 Å². The molecule has 1 rings (SSSR count). The Kier molecular flexibility index (Phi) is 5.70. The first-order chi connectivity index (χ1) is 8.15. The van der Waals surface area contributed by atoms with Gasteiger partial charge in [0, 0.05) is 12.5 Å². The predicted octanol–water partition coefficient (Wildman–Crippen LogP) is 3.06. The minimum absolute atomic E-state index is 0.0755. The van der Waals surface area contributed by atoms with Crippen LogP contribution in [0.25, 0.3) is 0 Å². The minimum atomic E-state index is -0.786. The number of aliphatic carboxylic acids is 1. The Balaban J connectivity index is 2.76. The third-order valence-electron chi connectivity index (χ3n) is 2.77. The first-order valence-electron chi connectivity index (χ1n) is 6.03. The first-order valence-corrected chi connectivity index (χ1v) is 6.03. The molecule has 0 saturated carbocycles. The molecule has 0 heterocycles. The number of hydrogen-bond acceptors (Lipinski definition) is 2. The molecule has 3 nitrogen and oxygen atoms in total. The second-order valence-corrected chi connectivity index (χ2v) is 4.19. The summed E-state index contributed by atoms with van der Waals surface area (Å²) in [6.07, 6.45) is 0.974. The van der Waals surface area contributed by atoms with Gasteiger partial charge in [-0.25, -0.2) is 0 Å². The Morgan fingerprint density at radius 1 is 1.35 bits per heavy atom. The zero-order chi connectivity index (χ0) is 12.7. The van der Waals surface area contributed by atoms with E-state index in [1.165, 1.54) is 0 Å². The molecule has 1 N–H and O–H groups in total. The van der Waals surface area contributed by atoms with E-state index in [9.17, 15) is 4.79 Å². The molecular weight excluding hydrogens is 216 g/mol. The third kappa shape index (κ3) is 4.57. The maximum Gasteiger partial charge on any atom is 0.304 e. The van der Waals surface area contributed by atoms with Crippen molar-refractivity contribution in [2.24, 2.45) is 0 Å².